The summed E-state index contributed by atoms with van der Waals surface area (Å²) >= 11 is 0. The molecule has 1 N–H and O–H groups in total. The van der Waals surface area contributed by atoms with Crippen molar-refractivity contribution in [2.45, 2.75) is 116 Å². The molecule has 0 spiro atoms. The maximum atomic E-state index is 8.63. The Morgan fingerprint density at radius 1 is 0.333 bits per heavy atom. The summed E-state index contributed by atoms with van der Waals surface area (Å²) in [7, 11) is 0. The number of aromatic hydroxyl groups is 1. The lowest BCUT2D eigenvalue weighted by Gasteiger charge is -1.82. The lowest BCUT2D eigenvalue weighted by atomic mass is 10.3. The van der Waals surface area contributed by atoms with Gasteiger partial charge in [-0.25, -0.2) is 0 Å². The van der Waals surface area contributed by atoms with Gasteiger partial charge in [0.05, 0.1) is 0 Å². The standard InChI is InChI=1S/C6H6O.2C6H6.3C3H8.4C2H6/c7-6-4-2-1-3-5-6;2*1-2-4-6-5-3-1;3*1-3-2;4*1-2/h1-5,7H;2*1-6H;3*3H2,1-2H3;4*1-2H3. The second-order valence-corrected chi connectivity index (χ2v) is 5.77. The van der Waals surface area contributed by atoms with Gasteiger partial charge < -0.3 is 5.11 Å². The molecule has 1 heteroatoms. The molecule has 3 aromatic rings. The van der Waals surface area contributed by atoms with Crippen molar-refractivity contribution in [3.05, 3.63) is 103 Å². The molecule has 0 atom stereocenters. The first-order valence-corrected chi connectivity index (χ1v) is 14.4. The number of benzene rings is 3. The zero-order valence-corrected chi connectivity index (χ0v) is 26.9. The van der Waals surface area contributed by atoms with Crippen molar-refractivity contribution in [3.63, 3.8) is 0 Å². The lowest BCUT2D eigenvalue weighted by Crippen LogP contribution is -1.56. The van der Waals surface area contributed by atoms with Crippen LogP contribution >= 0.6 is 0 Å². The SMILES string of the molecule is CC.CC.CC.CC.CCC.CCC.CCC.Oc1ccccc1.c1ccccc1.c1ccccc1. The van der Waals surface area contributed by atoms with Crippen LogP contribution in [0.4, 0.5) is 0 Å². The zero-order valence-electron chi connectivity index (χ0n) is 26.9. The summed E-state index contributed by atoms with van der Waals surface area (Å²) in [5.41, 5.74) is 0. The minimum atomic E-state index is 0.322. The normalized spacial score (nSPS) is 6.50. The van der Waals surface area contributed by atoms with Gasteiger partial charge in [-0.05, 0) is 12.1 Å². The third-order valence-electron chi connectivity index (χ3n) is 2.09. The van der Waals surface area contributed by atoms with Crippen LogP contribution in [0.2, 0.25) is 0 Å². The van der Waals surface area contributed by atoms with Gasteiger partial charge in [0.1, 0.15) is 5.75 Å². The topological polar surface area (TPSA) is 20.2 Å². The highest BCUT2D eigenvalue weighted by Gasteiger charge is 1.74. The van der Waals surface area contributed by atoms with E-state index in [1.54, 1.807) is 24.3 Å². The Bertz CT molecular complexity index is 446. The summed E-state index contributed by atoms with van der Waals surface area (Å²) in [5, 5.41) is 8.63. The highest BCUT2D eigenvalue weighted by Crippen LogP contribution is 2.02. The predicted octanol–water partition coefficient (Wildman–Crippen LogP) is 13.1. The molecule has 3 rings (SSSR count). The van der Waals surface area contributed by atoms with E-state index in [1.807, 2.05) is 134 Å². The molecule has 0 bridgehead atoms. The highest BCUT2D eigenvalue weighted by atomic mass is 16.3. The molecule has 0 aliphatic heterocycles. The van der Waals surface area contributed by atoms with E-state index in [-0.39, 0.29) is 0 Å². The van der Waals surface area contributed by atoms with E-state index < -0.39 is 0 Å². The fourth-order valence-electron chi connectivity index (χ4n) is 1.20. The number of para-hydroxylation sites is 1. The first-order valence-electron chi connectivity index (χ1n) is 14.4. The van der Waals surface area contributed by atoms with Crippen molar-refractivity contribution in [3.8, 4) is 5.75 Å². The number of hydrogen-bond acceptors (Lipinski definition) is 1. The van der Waals surface area contributed by atoms with E-state index >= 15 is 0 Å². The van der Waals surface area contributed by atoms with Crippen LogP contribution in [0, 0.1) is 0 Å². The van der Waals surface area contributed by atoms with Crippen molar-refractivity contribution < 1.29 is 5.11 Å². The van der Waals surface area contributed by atoms with Gasteiger partial charge >= 0.3 is 0 Å². The van der Waals surface area contributed by atoms with Gasteiger partial charge in [-0.15, -0.1) is 0 Å². The Kier molecular flexibility index (Phi) is 107. The Morgan fingerprint density at radius 2 is 0.444 bits per heavy atom. The second kappa shape index (κ2) is 76.7. The Morgan fingerprint density at radius 3 is 0.528 bits per heavy atom. The van der Waals surface area contributed by atoms with Gasteiger partial charge in [0.15, 0.2) is 0 Å². The molecule has 0 aliphatic rings. The Hall–Kier alpha value is -2.54. The number of phenolic OH excluding ortho intramolecular Hbond substituents is 1. The van der Waals surface area contributed by atoms with Crippen molar-refractivity contribution in [2.75, 3.05) is 0 Å². The molecule has 0 heterocycles. The summed E-state index contributed by atoms with van der Waals surface area (Å²) < 4.78 is 0. The molecular formula is C35H66O. The van der Waals surface area contributed by atoms with Crippen LogP contribution in [0.5, 0.6) is 5.75 Å². The van der Waals surface area contributed by atoms with Crippen LogP contribution in [-0.4, -0.2) is 5.11 Å². The van der Waals surface area contributed by atoms with Crippen LogP contribution < -0.4 is 0 Å². The van der Waals surface area contributed by atoms with Gasteiger partial charge in [0.25, 0.3) is 0 Å². The smallest absolute Gasteiger partial charge is 0.115 e. The van der Waals surface area contributed by atoms with Gasteiger partial charge in [-0.1, -0.05) is 207 Å². The second-order valence-electron chi connectivity index (χ2n) is 5.77. The molecular weight excluding hydrogens is 436 g/mol. The predicted molar refractivity (Wildman–Crippen MR) is 174 cm³/mol. The van der Waals surface area contributed by atoms with Crippen molar-refractivity contribution in [1.29, 1.82) is 0 Å². The van der Waals surface area contributed by atoms with Gasteiger partial charge in [-0.2, -0.15) is 0 Å². The Balaban J connectivity index is -0.0000000546. The average molecular weight is 503 g/mol. The number of phenols is 1. The van der Waals surface area contributed by atoms with Crippen LogP contribution in [-0.2, 0) is 0 Å². The minimum Gasteiger partial charge on any atom is -0.508 e. The molecule has 0 saturated carbocycles. The van der Waals surface area contributed by atoms with E-state index in [2.05, 4.69) is 41.5 Å². The van der Waals surface area contributed by atoms with E-state index in [0.29, 0.717) is 5.75 Å². The number of rotatable bonds is 0. The molecule has 212 valence electrons. The van der Waals surface area contributed by atoms with Crippen LogP contribution in [0.1, 0.15) is 116 Å². The van der Waals surface area contributed by atoms with Crippen molar-refractivity contribution >= 4 is 0 Å². The maximum absolute atomic E-state index is 8.63. The van der Waals surface area contributed by atoms with Crippen LogP contribution in [0.3, 0.4) is 0 Å². The van der Waals surface area contributed by atoms with E-state index in [1.165, 1.54) is 19.3 Å². The van der Waals surface area contributed by atoms with Crippen LogP contribution in [0.25, 0.3) is 0 Å². The quantitative estimate of drug-likeness (QED) is 0.324. The lowest BCUT2D eigenvalue weighted by molar-refractivity contribution is 0.475. The molecule has 36 heavy (non-hydrogen) atoms. The van der Waals surface area contributed by atoms with Gasteiger partial charge in [-0.3, -0.25) is 0 Å². The summed E-state index contributed by atoms with van der Waals surface area (Å²) in [6.07, 6.45) is 3.75. The largest absolute Gasteiger partial charge is 0.508 e. The molecule has 0 radical (unpaired) electrons. The first kappa shape index (κ1) is 50.4. The van der Waals surface area contributed by atoms with Gasteiger partial charge in [0, 0.05) is 0 Å². The van der Waals surface area contributed by atoms with Crippen molar-refractivity contribution in [1.82, 2.24) is 0 Å². The fraction of sp³-hybridized carbons (Fsp3) is 0.486. The van der Waals surface area contributed by atoms with E-state index in [9.17, 15) is 0 Å². The summed E-state index contributed by atoms with van der Waals surface area (Å²) in [4.78, 5) is 0. The third kappa shape index (κ3) is 95.7. The maximum Gasteiger partial charge on any atom is 0.115 e. The molecule has 0 saturated heterocycles. The van der Waals surface area contributed by atoms with Crippen molar-refractivity contribution in [2.24, 2.45) is 0 Å². The molecule has 1 nitrogen and oxygen atoms in total. The molecule has 0 aliphatic carbocycles. The van der Waals surface area contributed by atoms with Gasteiger partial charge in [0.2, 0.25) is 0 Å². The first-order chi connectivity index (χ1) is 17.6. The fourth-order valence-corrected chi connectivity index (χ4v) is 1.20. The highest BCUT2D eigenvalue weighted by molar-refractivity contribution is 5.18. The average Bonchev–Trinajstić information content (AvgIpc) is 2.97. The Labute approximate surface area is 230 Å². The van der Waals surface area contributed by atoms with Crippen LogP contribution in [0.15, 0.2) is 103 Å². The molecule has 0 unspecified atom stereocenters. The molecule has 0 amide bonds. The third-order valence-corrected chi connectivity index (χ3v) is 2.09. The summed E-state index contributed by atoms with van der Waals surface area (Å²) in [5.74, 6) is 0.322. The molecule has 0 aromatic heterocycles. The molecule has 3 aromatic carbocycles. The zero-order chi connectivity index (χ0) is 29.7. The summed E-state index contributed by atoms with van der Waals surface area (Å²) in [6.45, 7) is 28.8. The minimum absolute atomic E-state index is 0.322. The number of hydrogen-bond donors (Lipinski definition) is 1. The molecule has 0 fully saturated rings. The van der Waals surface area contributed by atoms with E-state index in [4.69, 9.17) is 5.11 Å². The summed E-state index contributed by atoms with van der Waals surface area (Å²) in [6, 6.07) is 32.7. The monoisotopic (exact) mass is 503 g/mol. The van der Waals surface area contributed by atoms with E-state index in [0.717, 1.165) is 0 Å².